The number of para-hydroxylation sites is 1. The lowest BCUT2D eigenvalue weighted by Crippen LogP contribution is -2.22. The highest BCUT2D eigenvalue weighted by atomic mass is 35.5. The molecule has 122 valence electrons. The molecule has 2 rings (SSSR count). The summed E-state index contributed by atoms with van der Waals surface area (Å²) < 4.78 is 10.7. The van der Waals surface area contributed by atoms with Gasteiger partial charge < -0.3 is 19.9 Å². The lowest BCUT2D eigenvalue weighted by molar-refractivity contribution is 0.0948. The first-order chi connectivity index (χ1) is 11.1. The van der Waals surface area contributed by atoms with Crippen LogP contribution in [-0.4, -0.2) is 24.7 Å². The molecule has 0 radical (unpaired) electrons. The van der Waals surface area contributed by atoms with Crippen LogP contribution in [0.15, 0.2) is 36.4 Å². The highest BCUT2D eigenvalue weighted by Gasteiger charge is 2.13. The molecule has 1 amide bonds. The minimum absolute atomic E-state index is 0.0627. The monoisotopic (exact) mass is 335 g/mol. The third-order valence-corrected chi connectivity index (χ3v) is 3.46. The molecule has 0 aromatic heterocycles. The number of methoxy groups -OCH3 is 1. The summed E-state index contributed by atoms with van der Waals surface area (Å²) in [5, 5.41) is 12.8. The number of aromatic hydroxyl groups is 1. The molecular formula is C17H18ClNO4. The number of ether oxygens (including phenoxy) is 2. The van der Waals surface area contributed by atoms with Crippen LogP contribution in [0.1, 0.15) is 22.8 Å². The minimum atomic E-state index is -0.368. The van der Waals surface area contributed by atoms with E-state index in [1.54, 1.807) is 30.3 Å². The molecule has 6 heteroatoms. The van der Waals surface area contributed by atoms with Gasteiger partial charge in [0.15, 0.2) is 11.5 Å². The van der Waals surface area contributed by atoms with Crippen LogP contribution in [-0.2, 0) is 6.54 Å². The predicted molar refractivity (Wildman–Crippen MR) is 88.5 cm³/mol. The van der Waals surface area contributed by atoms with Crippen molar-refractivity contribution >= 4 is 17.5 Å². The molecule has 0 aliphatic heterocycles. The van der Waals surface area contributed by atoms with Crippen LogP contribution >= 0.6 is 11.6 Å². The van der Waals surface area contributed by atoms with Crippen molar-refractivity contribution in [2.24, 2.45) is 0 Å². The summed E-state index contributed by atoms with van der Waals surface area (Å²) in [6, 6.07) is 9.82. The Bertz CT molecular complexity index is 703. The largest absolute Gasteiger partial charge is 0.507 e. The zero-order chi connectivity index (χ0) is 16.8. The van der Waals surface area contributed by atoms with Crippen LogP contribution in [0.5, 0.6) is 17.2 Å². The number of carbonyl (C=O) groups excluding carboxylic acids is 1. The molecule has 0 fully saturated rings. The van der Waals surface area contributed by atoms with Crippen LogP contribution in [0.3, 0.4) is 0 Å². The van der Waals surface area contributed by atoms with Crippen LogP contribution in [0.4, 0.5) is 0 Å². The maximum absolute atomic E-state index is 12.1. The molecule has 0 bridgehead atoms. The van der Waals surface area contributed by atoms with Crippen molar-refractivity contribution in [1.29, 1.82) is 0 Å². The molecule has 2 aromatic carbocycles. The maximum atomic E-state index is 12.1. The third kappa shape index (κ3) is 4.07. The van der Waals surface area contributed by atoms with Crippen molar-refractivity contribution < 1.29 is 19.4 Å². The molecule has 0 aliphatic rings. The standard InChI is InChI=1S/C17H18ClNO4/c1-3-23-16-13(18)8-11(9-15(16)22-2)10-19-17(21)12-6-4-5-7-14(12)20/h4-9,20H,3,10H2,1-2H3,(H,19,21). The van der Waals surface area contributed by atoms with Crippen LogP contribution in [0.2, 0.25) is 5.02 Å². The van der Waals surface area contributed by atoms with E-state index in [0.29, 0.717) is 23.1 Å². The predicted octanol–water partition coefficient (Wildman–Crippen LogP) is 3.38. The molecule has 2 aromatic rings. The van der Waals surface area contributed by atoms with Gasteiger partial charge in [-0.2, -0.15) is 0 Å². The Hall–Kier alpha value is -2.40. The van der Waals surface area contributed by atoms with Crippen molar-refractivity contribution in [1.82, 2.24) is 5.32 Å². The van der Waals surface area contributed by atoms with E-state index < -0.39 is 0 Å². The van der Waals surface area contributed by atoms with Gasteiger partial charge in [-0.3, -0.25) is 4.79 Å². The zero-order valence-corrected chi connectivity index (χ0v) is 13.7. The molecule has 0 heterocycles. The second-order valence-electron chi connectivity index (χ2n) is 4.74. The van der Waals surface area contributed by atoms with Crippen molar-refractivity contribution in [2.45, 2.75) is 13.5 Å². The molecule has 0 spiro atoms. The number of benzene rings is 2. The fourth-order valence-corrected chi connectivity index (χ4v) is 2.39. The van der Waals surface area contributed by atoms with E-state index in [-0.39, 0.29) is 23.8 Å². The number of phenolic OH excluding ortho intramolecular Hbond substituents is 1. The van der Waals surface area contributed by atoms with Gasteiger partial charge in [0.2, 0.25) is 0 Å². The van der Waals surface area contributed by atoms with Gasteiger partial charge in [-0.1, -0.05) is 23.7 Å². The van der Waals surface area contributed by atoms with E-state index in [1.165, 1.54) is 13.2 Å². The summed E-state index contributed by atoms with van der Waals surface area (Å²) in [7, 11) is 1.53. The lowest BCUT2D eigenvalue weighted by atomic mass is 10.1. The SMILES string of the molecule is CCOc1c(Cl)cc(CNC(=O)c2ccccc2O)cc1OC. The van der Waals surface area contributed by atoms with Crippen LogP contribution in [0, 0.1) is 0 Å². The second kappa shape index (κ2) is 7.74. The van der Waals surface area contributed by atoms with Gasteiger partial charge in [-0.15, -0.1) is 0 Å². The van der Waals surface area contributed by atoms with Crippen LogP contribution in [0.25, 0.3) is 0 Å². The van der Waals surface area contributed by atoms with E-state index in [2.05, 4.69) is 5.32 Å². The first-order valence-corrected chi connectivity index (χ1v) is 7.50. The molecule has 0 aliphatic carbocycles. The van der Waals surface area contributed by atoms with E-state index in [4.69, 9.17) is 21.1 Å². The van der Waals surface area contributed by atoms with Crippen molar-refractivity contribution in [3.05, 3.63) is 52.5 Å². The number of halogens is 1. The van der Waals surface area contributed by atoms with E-state index >= 15 is 0 Å². The average Bonchev–Trinajstić information content (AvgIpc) is 2.55. The topological polar surface area (TPSA) is 67.8 Å². The van der Waals surface area contributed by atoms with E-state index in [1.807, 2.05) is 6.92 Å². The maximum Gasteiger partial charge on any atom is 0.255 e. The highest BCUT2D eigenvalue weighted by Crippen LogP contribution is 2.36. The van der Waals surface area contributed by atoms with Crippen molar-refractivity contribution in [2.75, 3.05) is 13.7 Å². The molecule has 0 saturated heterocycles. The van der Waals surface area contributed by atoms with Crippen molar-refractivity contribution in [3.63, 3.8) is 0 Å². The Morgan fingerprint density at radius 3 is 2.70 bits per heavy atom. The summed E-state index contributed by atoms with van der Waals surface area (Å²) in [5.41, 5.74) is 0.982. The fraction of sp³-hybridized carbons (Fsp3) is 0.235. The number of phenols is 1. The molecule has 0 atom stereocenters. The molecule has 0 unspecified atom stereocenters. The first kappa shape index (κ1) is 17.0. The van der Waals surface area contributed by atoms with Gasteiger partial charge >= 0.3 is 0 Å². The lowest BCUT2D eigenvalue weighted by Gasteiger charge is -2.13. The van der Waals surface area contributed by atoms with Gasteiger partial charge in [0.1, 0.15) is 5.75 Å². The Balaban J connectivity index is 2.13. The normalized spacial score (nSPS) is 10.2. The molecule has 5 nitrogen and oxygen atoms in total. The number of carbonyl (C=O) groups is 1. The summed E-state index contributed by atoms with van der Waals surface area (Å²) in [6.45, 7) is 2.57. The Morgan fingerprint density at radius 2 is 2.04 bits per heavy atom. The van der Waals surface area contributed by atoms with Gasteiger partial charge in [-0.25, -0.2) is 0 Å². The summed E-state index contributed by atoms with van der Waals surface area (Å²) in [6.07, 6.45) is 0. The summed E-state index contributed by atoms with van der Waals surface area (Å²) in [5.74, 6) is 0.554. The Labute approximate surface area is 139 Å². The highest BCUT2D eigenvalue weighted by molar-refractivity contribution is 6.32. The average molecular weight is 336 g/mol. The first-order valence-electron chi connectivity index (χ1n) is 7.12. The number of hydrogen-bond acceptors (Lipinski definition) is 4. The van der Waals surface area contributed by atoms with Gasteiger partial charge in [0, 0.05) is 6.54 Å². The molecule has 0 saturated carbocycles. The number of amides is 1. The molecule has 23 heavy (non-hydrogen) atoms. The quantitative estimate of drug-likeness (QED) is 0.849. The molecule has 2 N–H and O–H groups in total. The molecular weight excluding hydrogens is 318 g/mol. The smallest absolute Gasteiger partial charge is 0.255 e. The van der Waals surface area contributed by atoms with Crippen LogP contribution < -0.4 is 14.8 Å². The number of hydrogen-bond donors (Lipinski definition) is 2. The zero-order valence-electron chi connectivity index (χ0n) is 12.9. The number of rotatable bonds is 6. The van der Waals surface area contributed by atoms with E-state index in [9.17, 15) is 9.90 Å². The Morgan fingerprint density at radius 1 is 1.30 bits per heavy atom. The summed E-state index contributed by atoms with van der Waals surface area (Å²) in [4.78, 5) is 12.1. The number of nitrogens with one attached hydrogen (secondary N) is 1. The van der Waals surface area contributed by atoms with Crippen molar-refractivity contribution in [3.8, 4) is 17.2 Å². The second-order valence-corrected chi connectivity index (χ2v) is 5.15. The Kier molecular flexibility index (Phi) is 5.71. The van der Waals surface area contributed by atoms with Gasteiger partial charge in [-0.05, 0) is 36.8 Å². The summed E-state index contributed by atoms with van der Waals surface area (Å²) >= 11 is 6.19. The fourth-order valence-electron chi connectivity index (χ4n) is 2.10. The van der Waals surface area contributed by atoms with Gasteiger partial charge in [0.25, 0.3) is 5.91 Å². The van der Waals surface area contributed by atoms with E-state index in [0.717, 1.165) is 5.56 Å². The van der Waals surface area contributed by atoms with Gasteiger partial charge in [0.05, 0.1) is 24.3 Å². The third-order valence-electron chi connectivity index (χ3n) is 3.18. The minimum Gasteiger partial charge on any atom is -0.507 e.